The lowest BCUT2D eigenvalue weighted by Crippen LogP contribution is -2.45. The van der Waals surface area contributed by atoms with E-state index in [9.17, 15) is 0 Å². The van der Waals surface area contributed by atoms with Gasteiger partial charge in [-0.3, -0.25) is 9.58 Å². The quantitative estimate of drug-likeness (QED) is 0.798. The van der Waals surface area contributed by atoms with Crippen LogP contribution >= 0.6 is 0 Å². The van der Waals surface area contributed by atoms with Gasteiger partial charge in [-0.1, -0.05) is 19.8 Å². The lowest BCUT2D eigenvalue weighted by Gasteiger charge is -2.34. The van der Waals surface area contributed by atoms with Crippen LogP contribution in [0.4, 0.5) is 0 Å². The van der Waals surface area contributed by atoms with Crippen LogP contribution in [0.3, 0.4) is 0 Å². The van der Waals surface area contributed by atoms with E-state index in [2.05, 4.69) is 21.9 Å². The van der Waals surface area contributed by atoms with Gasteiger partial charge in [0.25, 0.3) is 0 Å². The van der Waals surface area contributed by atoms with Crippen LogP contribution in [-0.2, 0) is 16.0 Å². The van der Waals surface area contributed by atoms with Crippen LogP contribution in [0.25, 0.3) is 0 Å². The third-order valence-corrected chi connectivity index (χ3v) is 4.85. The fraction of sp³-hybridized carbons (Fsp3) is 0.875. The summed E-state index contributed by atoms with van der Waals surface area (Å²) < 4.78 is 13.8. The highest BCUT2D eigenvalue weighted by molar-refractivity contribution is 4.75. The lowest BCUT2D eigenvalue weighted by molar-refractivity contribution is -0.0577. The highest BCUT2D eigenvalue weighted by Crippen LogP contribution is 2.26. The zero-order chi connectivity index (χ0) is 15.2. The van der Waals surface area contributed by atoms with Crippen molar-refractivity contribution in [3.63, 3.8) is 0 Å². The highest BCUT2D eigenvalue weighted by atomic mass is 16.5. The minimum Gasteiger partial charge on any atom is -0.377 e. The zero-order valence-corrected chi connectivity index (χ0v) is 13.6. The largest absolute Gasteiger partial charge is 0.377 e. The van der Waals surface area contributed by atoms with E-state index in [0.717, 1.165) is 45.3 Å². The Hall–Kier alpha value is -0.980. The van der Waals surface area contributed by atoms with Crippen LogP contribution in [-0.4, -0.2) is 64.7 Å². The van der Waals surface area contributed by atoms with Gasteiger partial charge in [-0.15, -0.1) is 0 Å². The maximum Gasteiger partial charge on any atom is 0.137 e. The predicted octanol–water partition coefficient (Wildman–Crippen LogP) is 1.57. The topological polar surface area (TPSA) is 52.4 Å². The van der Waals surface area contributed by atoms with E-state index < -0.39 is 0 Å². The van der Waals surface area contributed by atoms with Gasteiger partial charge in [-0.05, 0) is 18.8 Å². The van der Waals surface area contributed by atoms with E-state index in [1.54, 1.807) is 12.7 Å². The van der Waals surface area contributed by atoms with Crippen LogP contribution in [0.5, 0.6) is 0 Å². The molecular formula is C16H28N4O2. The maximum absolute atomic E-state index is 6.13. The van der Waals surface area contributed by atoms with Crippen molar-refractivity contribution in [2.45, 2.75) is 51.4 Å². The van der Waals surface area contributed by atoms with Crippen LogP contribution in [0.1, 0.15) is 32.6 Å². The van der Waals surface area contributed by atoms with Gasteiger partial charge < -0.3 is 9.47 Å². The number of rotatable bonds is 6. The van der Waals surface area contributed by atoms with E-state index in [1.807, 2.05) is 4.68 Å². The molecular weight excluding hydrogens is 280 g/mol. The van der Waals surface area contributed by atoms with Crippen molar-refractivity contribution in [2.75, 3.05) is 32.8 Å². The number of morpholine rings is 1. The van der Waals surface area contributed by atoms with Crippen LogP contribution in [0.15, 0.2) is 12.7 Å². The van der Waals surface area contributed by atoms with Gasteiger partial charge in [0.1, 0.15) is 12.7 Å². The van der Waals surface area contributed by atoms with E-state index in [-0.39, 0.29) is 6.10 Å². The first-order valence-corrected chi connectivity index (χ1v) is 8.59. The van der Waals surface area contributed by atoms with Crippen molar-refractivity contribution in [3.05, 3.63) is 12.7 Å². The van der Waals surface area contributed by atoms with E-state index in [4.69, 9.17) is 9.47 Å². The second-order valence-electron chi connectivity index (χ2n) is 6.58. The smallest absolute Gasteiger partial charge is 0.137 e. The summed E-state index contributed by atoms with van der Waals surface area (Å²) in [5.74, 6) is 0.721. The first-order chi connectivity index (χ1) is 10.8. The molecule has 2 heterocycles. The van der Waals surface area contributed by atoms with Crippen molar-refractivity contribution in [3.8, 4) is 0 Å². The lowest BCUT2D eigenvalue weighted by atomic mass is 9.88. The van der Waals surface area contributed by atoms with Crippen LogP contribution in [0, 0.1) is 5.92 Å². The Kier molecular flexibility index (Phi) is 5.81. The molecule has 1 saturated heterocycles. The standard InChI is InChI=1S/C16H28N4O2/c1-14-4-2-3-5-16(14)22-9-7-19-6-8-21-15(10-19)11-20-13-17-12-18-20/h12-16H,2-11H2,1H3/t14-,15+,16-/m1/s1. The average Bonchev–Trinajstić information content (AvgIpc) is 3.03. The zero-order valence-electron chi connectivity index (χ0n) is 13.6. The van der Waals surface area contributed by atoms with Gasteiger partial charge in [0.15, 0.2) is 0 Å². The Labute approximate surface area is 132 Å². The molecule has 0 bridgehead atoms. The molecule has 0 unspecified atom stereocenters. The van der Waals surface area contributed by atoms with Gasteiger partial charge in [0.2, 0.25) is 0 Å². The molecule has 0 N–H and O–H groups in total. The molecule has 6 nitrogen and oxygen atoms in total. The number of hydrogen-bond acceptors (Lipinski definition) is 5. The second kappa shape index (κ2) is 8.04. The second-order valence-corrected chi connectivity index (χ2v) is 6.58. The van der Waals surface area contributed by atoms with E-state index in [0.29, 0.717) is 6.10 Å². The molecule has 1 aliphatic carbocycles. The fourth-order valence-electron chi connectivity index (χ4n) is 3.49. The predicted molar refractivity (Wildman–Crippen MR) is 83.6 cm³/mol. The Bertz CT molecular complexity index is 426. The molecule has 2 aliphatic rings. The molecule has 1 aliphatic heterocycles. The summed E-state index contributed by atoms with van der Waals surface area (Å²) in [6.45, 7) is 7.68. The van der Waals surface area contributed by atoms with Gasteiger partial charge in [0, 0.05) is 19.6 Å². The molecule has 3 rings (SSSR count). The Balaban J connectivity index is 1.37. The minimum atomic E-state index is 0.198. The molecule has 0 radical (unpaired) electrons. The van der Waals surface area contributed by atoms with Crippen LogP contribution in [0.2, 0.25) is 0 Å². The first-order valence-electron chi connectivity index (χ1n) is 8.59. The first kappa shape index (κ1) is 15.9. The third kappa shape index (κ3) is 4.51. The summed E-state index contributed by atoms with van der Waals surface area (Å²) in [6.07, 6.45) is 9.24. The summed E-state index contributed by atoms with van der Waals surface area (Å²) in [6, 6.07) is 0. The van der Waals surface area contributed by atoms with Gasteiger partial charge in [-0.2, -0.15) is 5.10 Å². The molecule has 1 aromatic heterocycles. The van der Waals surface area contributed by atoms with Crippen molar-refractivity contribution in [1.29, 1.82) is 0 Å². The SMILES string of the molecule is C[C@@H]1CCCC[C@H]1OCCN1CCO[C@H](Cn2cncn2)C1. The summed E-state index contributed by atoms with van der Waals surface area (Å²) in [7, 11) is 0. The van der Waals surface area contributed by atoms with Crippen molar-refractivity contribution >= 4 is 0 Å². The Morgan fingerprint density at radius 3 is 3.05 bits per heavy atom. The molecule has 0 aromatic carbocycles. The molecule has 1 saturated carbocycles. The maximum atomic E-state index is 6.13. The van der Waals surface area contributed by atoms with Gasteiger partial charge >= 0.3 is 0 Å². The molecule has 6 heteroatoms. The number of ether oxygens (including phenoxy) is 2. The minimum absolute atomic E-state index is 0.198. The van der Waals surface area contributed by atoms with Crippen molar-refractivity contribution < 1.29 is 9.47 Å². The summed E-state index contributed by atoms with van der Waals surface area (Å²) in [4.78, 5) is 6.42. The van der Waals surface area contributed by atoms with Gasteiger partial charge in [-0.25, -0.2) is 4.98 Å². The van der Waals surface area contributed by atoms with Crippen LogP contribution < -0.4 is 0 Å². The van der Waals surface area contributed by atoms with Crippen molar-refractivity contribution in [2.24, 2.45) is 5.92 Å². The Morgan fingerprint density at radius 1 is 1.32 bits per heavy atom. The van der Waals surface area contributed by atoms with E-state index >= 15 is 0 Å². The highest BCUT2D eigenvalue weighted by Gasteiger charge is 2.23. The average molecular weight is 308 g/mol. The third-order valence-electron chi connectivity index (χ3n) is 4.85. The fourth-order valence-corrected chi connectivity index (χ4v) is 3.49. The molecule has 22 heavy (non-hydrogen) atoms. The summed E-state index contributed by atoms with van der Waals surface area (Å²) in [5, 5.41) is 4.15. The molecule has 0 spiro atoms. The number of hydrogen-bond donors (Lipinski definition) is 0. The Morgan fingerprint density at radius 2 is 2.23 bits per heavy atom. The summed E-state index contributed by atoms with van der Waals surface area (Å²) >= 11 is 0. The van der Waals surface area contributed by atoms with Gasteiger partial charge in [0.05, 0.1) is 32.0 Å². The van der Waals surface area contributed by atoms with E-state index in [1.165, 1.54) is 25.7 Å². The van der Waals surface area contributed by atoms with Crippen molar-refractivity contribution in [1.82, 2.24) is 19.7 Å². The monoisotopic (exact) mass is 308 g/mol. The molecule has 2 fully saturated rings. The summed E-state index contributed by atoms with van der Waals surface area (Å²) in [5.41, 5.74) is 0. The number of nitrogens with zero attached hydrogens (tertiary/aromatic N) is 4. The number of aromatic nitrogens is 3. The molecule has 3 atom stereocenters. The molecule has 0 amide bonds. The normalized spacial score (nSPS) is 30.5. The molecule has 124 valence electrons. The molecule has 1 aromatic rings.